The number of nitriles is 1. The van der Waals surface area contributed by atoms with E-state index in [9.17, 15) is 4.79 Å². The molecule has 6 heteroatoms. The van der Waals surface area contributed by atoms with E-state index in [4.69, 9.17) is 5.26 Å². The Morgan fingerprint density at radius 3 is 3.06 bits per heavy atom. The molecular formula is C11H11N5O. The highest BCUT2D eigenvalue weighted by Gasteiger charge is 2.06. The molecule has 0 aromatic carbocycles. The van der Waals surface area contributed by atoms with E-state index in [1.165, 1.54) is 0 Å². The summed E-state index contributed by atoms with van der Waals surface area (Å²) in [7, 11) is 1.81. The minimum atomic E-state index is -0.516. The van der Waals surface area contributed by atoms with E-state index < -0.39 is 5.69 Å². The summed E-state index contributed by atoms with van der Waals surface area (Å²) in [6.07, 6.45) is 1.83. The number of nitrogens with one attached hydrogen (secondary N) is 2. The Hall–Kier alpha value is -2.55. The van der Waals surface area contributed by atoms with Crippen LogP contribution in [-0.2, 0) is 6.54 Å². The summed E-state index contributed by atoms with van der Waals surface area (Å²) in [5.74, 6) is 0.472. The Kier molecular flexibility index (Phi) is 2.92. The highest BCUT2D eigenvalue weighted by molar-refractivity contribution is 5.41. The van der Waals surface area contributed by atoms with E-state index in [0.29, 0.717) is 12.4 Å². The van der Waals surface area contributed by atoms with E-state index in [0.717, 1.165) is 5.69 Å². The molecule has 0 fully saturated rings. The number of hydrogen-bond acceptors (Lipinski definition) is 4. The molecule has 6 nitrogen and oxygen atoms in total. The Labute approximate surface area is 97.5 Å². The van der Waals surface area contributed by atoms with Crippen LogP contribution in [-0.4, -0.2) is 22.0 Å². The van der Waals surface area contributed by atoms with Crippen molar-refractivity contribution in [1.82, 2.24) is 15.0 Å². The Morgan fingerprint density at radius 2 is 2.41 bits per heavy atom. The summed E-state index contributed by atoms with van der Waals surface area (Å²) in [6, 6.07) is 7.28. The lowest BCUT2D eigenvalue weighted by molar-refractivity contribution is 0.858. The average molecular weight is 229 g/mol. The molecule has 17 heavy (non-hydrogen) atoms. The lowest BCUT2D eigenvalue weighted by Gasteiger charge is -2.16. The first-order valence-corrected chi connectivity index (χ1v) is 5.04. The number of H-pyrrole nitrogens is 2. The van der Waals surface area contributed by atoms with Gasteiger partial charge in [0.2, 0.25) is 0 Å². The van der Waals surface area contributed by atoms with Crippen LogP contribution in [0.3, 0.4) is 0 Å². The molecule has 0 amide bonds. The summed E-state index contributed by atoms with van der Waals surface area (Å²) in [6.45, 7) is 0.592. The van der Waals surface area contributed by atoms with Gasteiger partial charge in [0.05, 0.1) is 6.54 Å². The van der Waals surface area contributed by atoms with Gasteiger partial charge in [-0.3, -0.25) is 4.98 Å². The number of nitrogens with zero attached hydrogens (tertiary/aromatic N) is 3. The molecule has 0 saturated heterocycles. The number of hydrogen-bond donors (Lipinski definition) is 2. The minimum Gasteiger partial charge on any atom is -0.364 e. The maximum absolute atomic E-state index is 11.2. The molecule has 2 rings (SSSR count). The van der Waals surface area contributed by atoms with Crippen molar-refractivity contribution >= 4 is 5.82 Å². The van der Waals surface area contributed by atoms with Gasteiger partial charge in [-0.2, -0.15) is 10.2 Å². The Bertz CT molecular complexity index is 593. The normalized spacial score (nSPS) is 9.88. The van der Waals surface area contributed by atoms with Gasteiger partial charge in [0, 0.05) is 25.0 Å². The Balaban J connectivity index is 2.25. The summed E-state index contributed by atoms with van der Waals surface area (Å²) in [5, 5.41) is 8.75. The van der Waals surface area contributed by atoms with Crippen LogP contribution in [0, 0.1) is 11.3 Å². The second-order valence-corrected chi connectivity index (χ2v) is 3.62. The van der Waals surface area contributed by atoms with Crippen molar-refractivity contribution in [3.05, 3.63) is 46.3 Å². The molecule has 2 aromatic heterocycles. The van der Waals surface area contributed by atoms with Gasteiger partial charge in [0.25, 0.3) is 0 Å². The third kappa shape index (κ3) is 2.52. The molecule has 0 atom stereocenters. The van der Waals surface area contributed by atoms with Crippen molar-refractivity contribution in [2.75, 3.05) is 11.9 Å². The molecule has 2 heterocycles. The molecular weight excluding hydrogens is 218 g/mol. The van der Waals surface area contributed by atoms with E-state index in [1.54, 1.807) is 11.0 Å². The van der Waals surface area contributed by atoms with Crippen LogP contribution in [0.2, 0.25) is 0 Å². The molecule has 0 bridgehead atoms. The van der Waals surface area contributed by atoms with Crippen LogP contribution in [0.15, 0.2) is 29.2 Å². The molecule has 2 N–H and O–H groups in total. The van der Waals surface area contributed by atoms with Gasteiger partial charge in [0.15, 0.2) is 0 Å². The van der Waals surface area contributed by atoms with Crippen molar-refractivity contribution in [3.8, 4) is 6.07 Å². The van der Waals surface area contributed by atoms with Gasteiger partial charge in [0.1, 0.15) is 17.6 Å². The number of anilines is 1. The monoisotopic (exact) mass is 229 g/mol. The standard InChI is InChI=1S/C11H11N5O/c1-16(7-8-3-2-4-13-8)10-5-9(6-12)14-11(17)15-10/h2-5,13H,7H2,1H3,(H,14,15,17). The average Bonchev–Trinajstić information content (AvgIpc) is 2.81. The van der Waals surface area contributed by atoms with Gasteiger partial charge < -0.3 is 9.88 Å². The van der Waals surface area contributed by atoms with Gasteiger partial charge in [-0.1, -0.05) is 0 Å². The van der Waals surface area contributed by atoms with Gasteiger partial charge in [-0.05, 0) is 12.1 Å². The predicted molar refractivity (Wildman–Crippen MR) is 62.5 cm³/mol. The predicted octanol–water partition coefficient (Wildman–Crippen LogP) is 0.606. The van der Waals surface area contributed by atoms with Crippen LogP contribution in [0.5, 0.6) is 0 Å². The number of rotatable bonds is 3. The molecule has 86 valence electrons. The molecule has 0 aliphatic carbocycles. The lowest BCUT2D eigenvalue weighted by Crippen LogP contribution is -2.23. The minimum absolute atomic E-state index is 0.207. The fourth-order valence-corrected chi connectivity index (χ4v) is 1.50. The van der Waals surface area contributed by atoms with Crippen LogP contribution >= 0.6 is 0 Å². The third-order valence-electron chi connectivity index (χ3n) is 2.31. The maximum Gasteiger partial charge on any atom is 0.347 e. The highest BCUT2D eigenvalue weighted by atomic mass is 16.1. The van der Waals surface area contributed by atoms with Gasteiger partial charge in [-0.15, -0.1) is 0 Å². The van der Waals surface area contributed by atoms with Crippen LogP contribution in [0.4, 0.5) is 5.82 Å². The quantitative estimate of drug-likeness (QED) is 0.806. The van der Waals surface area contributed by atoms with Crippen molar-refractivity contribution in [1.29, 1.82) is 5.26 Å². The SMILES string of the molecule is CN(Cc1ccc[nH]1)c1cc(C#N)[nH]c(=O)n1. The second kappa shape index (κ2) is 4.53. The highest BCUT2D eigenvalue weighted by Crippen LogP contribution is 2.10. The van der Waals surface area contributed by atoms with E-state index >= 15 is 0 Å². The van der Waals surface area contributed by atoms with E-state index in [1.807, 2.05) is 31.4 Å². The number of aromatic nitrogens is 3. The van der Waals surface area contributed by atoms with Crippen molar-refractivity contribution in [2.24, 2.45) is 0 Å². The van der Waals surface area contributed by atoms with Crippen molar-refractivity contribution in [3.63, 3.8) is 0 Å². The molecule has 0 aliphatic heterocycles. The topological polar surface area (TPSA) is 88.6 Å². The molecule has 0 unspecified atom stereocenters. The van der Waals surface area contributed by atoms with Crippen LogP contribution in [0.25, 0.3) is 0 Å². The maximum atomic E-state index is 11.2. The first-order valence-electron chi connectivity index (χ1n) is 5.04. The zero-order chi connectivity index (χ0) is 12.3. The Morgan fingerprint density at radius 1 is 1.59 bits per heavy atom. The van der Waals surface area contributed by atoms with Crippen molar-refractivity contribution < 1.29 is 0 Å². The first kappa shape index (κ1) is 11.0. The fourth-order valence-electron chi connectivity index (χ4n) is 1.50. The summed E-state index contributed by atoms with van der Waals surface area (Å²) in [4.78, 5) is 22.2. The molecule has 0 aliphatic rings. The van der Waals surface area contributed by atoms with Gasteiger partial charge in [-0.25, -0.2) is 4.79 Å². The van der Waals surface area contributed by atoms with Gasteiger partial charge >= 0.3 is 5.69 Å². The first-order chi connectivity index (χ1) is 8.19. The third-order valence-corrected chi connectivity index (χ3v) is 2.31. The molecule has 2 aromatic rings. The molecule has 0 radical (unpaired) electrons. The largest absolute Gasteiger partial charge is 0.364 e. The van der Waals surface area contributed by atoms with E-state index in [-0.39, 0.29) is 5.69 Å². The zero-order valence-corrected chi connectivity index (χ0v) is 9.27. The smallest absolute Gasteiger partial charge is 0.347 e. The summed E-state index contributed by atoms with van der Waals surface area (Å²) in [5.41, 5.74) is 0.698. The fraction of sp³-hybridized carbons (Fsp3) is 0.182. The second-order valence-electron chi connectivity index (χ2n) is 3.62. The zero-order valence-electron chi connectivity index (χ0n) is 9.27. The van der Waals surface area contributed by atoms with Crippen molar-refractivity contribution in [2.45, 2.75) is 6.54 Å². The molecule has 0 spiro atoms. The van der Waals surface area contributed by atoms with E-state index in [2.05, 4.69) is 15.0 Å². The molecule has 0 saturated carbocycles. The number of aromatic amines is 2. The lowest BCUT2D eigenvalue weighted by atomic mass is 10.3. The van der Waals surface area contributed by atoms with Crippen LogP contribution < -0.4 is 10.6 Å². The summed E-state index contributed by atoms with van der Waals surface area (Å²) < 4.78 is 0. The van der Waals surface area contributed by atoms with Crippen LogP contribution in [0.1, 0.15) is 11.4 Å². The summed E-state index contributed by atoms with van der Waals surface area (Å²) >= 11 is 0.